The maximum Gasteiger partial charge on any atom is 0.121 e. The van der Waals surface area contributed by atoms with E-state index < -0.39 is 0 Å². The fourth-order valence-corrected chi connectivity index (χ4v) is 3.84. The van der Waals surface area contributed by atoms with Gasteiger partial charge in [0.05, 0.1) is 11.1 Å². The number of halogens is 1. The summed E-state index contributed by atoms with van der Waals surface area (Å²) in [6.45, 7) is 7.11. The zero-order chi connectivity index (χ0) is 17.4. The Labute approximate surface area is 153 Å². The highest BCUT2D eigenvalue weighted by Gasteiger charge is 2.13. The van der Waals surface area contributed by atoms with Crippen LogP contribution in [0.15, 0.2) is 42.5 Å². The lowest BCUT2D eigenvalue weighted by Crippen LogP contribution is -2.17. The Morgan fingerprint density at radius 2 is 1.96 bits per heavy atom. The van der Waals surface area contributed by atoms with Gasteiger partial charge in [-0.2, -0.15) is 0 Å². The molecule has 0 saturated heterocycles. The van der Waals surface area contributed by atoms with Crippen molar-refractivity contribution in [1.82, 2.24) is 9.88 Å². The molecule has 0 spiro atoms. The van der Waals surface area contributed by atoms with Gasteiger partial charge in [0, 0.05) is 42.8 Å². The summed E-state index contributed by atoms with van der Waals surface area (Å²) < 4.78 is 8.17. The van der Waals surface area contributed by atoms with E-state index in [2.05, 4.69) is 40.2 Å². The molecular weight excluding hydrogens is 332 g/mol. The van der Waals surface area contributed by atoms with E-state index >= 15 is 0 Å². The van der Waals surface area contributed by atoms with E-state index in [9.17, 15) is 0 Å². The normalized spacial score (nSPS) is 14.6. The Morgan fingerprint density at radius 1 is 1.08 bits per heavy atom. The second kappa shape index (κ2) is 6.74. The number of hydrogen-bond donors (Lipinski definition) is 1. The first-order chi connectivity index (χ1) is 12.1. The summed E-state index contributed by atoms with van der Waals surface area (Å²) in [5.41, 5.74) is 4.88. The highest BCUT2D eigenvalue weighted by molar-refractivity contribution is 6.33. The van der Waals surface area contributed by atoms with Crippen molar-refractivity contribution in [1.29, 1.82) is 0 Å². The van der Waals surface area contributed by atoms with Crippen molar-refractivity contribution in [2.24, 2.45) is 0 Å². The van der Waals surface area contributed by atoms with Gasteiger partial charge in [0.1, 0.15) is 5.75 Å². The minimum atomic E-state index is 0.142. The Morgan fingerprint density at radius 3 is 2.76 bits per heavy atom. The molecule has 1 aromatic heterocycles. The summed E-state index contributed by atoms with van der Waals surface area (Å²) in [6, 6.07) is 14.9. The van der Waals surface area contributed by atoms with Crippen molar-refractivity contribution in [2.75, 3.05) is 13.1 Å². The monoisotopic (exact) mass is 354 g/mol. The van der Waals surface area contributed by atoms with Crippen LogP contribution in [0, 0.1) is 0 Å². The molecule has 3 aromatic rings. The quantitative estimate of drug-likeness (QED) is 0.724. The molecule has 3 nitrogen and oxygen atoms in total. The number of hydrogen-bond acceptors (Lipinski definition) is 2. The van der Waals surface area contributed by atoms with Crippen LogP contribution in [-0.2, 0) is 13.0 Å². The predicted molar refractivity (Wildman–Crippen MR) is 105 cm³/mol. The highest BCUT2D eigenvalue weighted by Crippen LogP contribution is 2.34. The van der Waals surface area contributed by atoms with Crippen LogP contribution in [0.3, 0.4) is 0 Å². The maximum atomic E-state index is 6.55. The summed E-state index contributed by atoms with van der Waals surface area (Å²) in [7, 11) is 0. The van der Waals surface area contributed by atoms with Crippen LogP contribution in [0.4, 0.5) is 0 Å². The van der Waals surface area contributed by atoms with Gasteiger partial charge in [-0.15, -0.1) is 0 Å². The Balaban J connectivity index is 1.75. The van der Waals surface area contributed by atoms with Crippen molar-refractivity contribution in [3.05, 3.63) is 53.2 Å². The Bertz CT molecular complexity index is 914. The molecule has 1 aliphatic rings. The molecule has 0 fully saturated rings. The molecular formula is C21H23ClN2O. The van der Waals surface area contributed by atoms with Gasteiger partial charge in [-0.3, -0.25) is 0 Å². The molecule has 0 amide bonds. The molecule has 2 heterocycles. The number of nitrogens with zero attached hydrogens (tertiary/aromatic N) is 1. The molecule has 0 aliphatic carbocycles. The van der Waals surface area contributed by atoms with E-state index in [0.717, 1.165) is 48.0 Å². The molecule has 4 heteroatoms. The average molecular weight is 355 g/mol. The van der Waals surface area contributed by atoms with Crippen LogP contribution < -0.4 is 10.1 Å². The van der Waals surface area contributed by atoms with Gasteiger partial charge >= 0.3 is 0 Å². The lowest BCUT2D eigenvalue weighted by atomic mass is 10.0. The smallest absolute Gasteiger partial charge is 0.121 e. The zero-order valence-corrected chi connectivity index (χ0v) is 15.4. The lowest BCUT2D eigenvalue weighted by Gasteiger charge is -2.12. The summed E-state index contributed by atoms with van der Waals surface area (Å²) in [5.74, 6) is 0.812. The summed E-state index contributed by atoms with van der Waals surface area (Å²) in [4.78, 5) is 0. The fraction of sp³-hybridized carbons (Fsp3) is 0.333. The van der Waals surface area contributed by atoms with Crippen LogP contribution in [0.5, 0.6) is 5.75 Å². The molecule has 25 heavy (non-hydrogen) atoms. The van der Waals surface area contributed by atoms with E-state index in [0.29, 0.717) is 0 Å². The third-order valence-electron chi connectivity index (χ3n) is 4.68. The number of nitrogens with one attached hydrogen (secondary N) is 1. The second-order valence-corrected chi connectivity index (χ2v) is 7.28. The minimum Gasteiger partial charge on any atom is -0.491 e. The van der Waals surface area contributed by atoms with Crippen molar-refractivity contribution in [2.45, 2.75) is 32.9 Å². The van der Waals surface area contributed by atoms with Gasteiger partial charge in [0.2, 0.25) is 0 Å². The molecule has 1 aliphatic heterocycles. The number of aromatic nitrogens is 1. The molecule has 2 aromatic carbocycles. The molecule has 130 valence electrons. The second-order valence-electron chi connectivity index (χ2n) is 6.87. The van der Waals surface area contributed by atoms with Crippen LogP contribution >= 0.6 is 11.6 Å². The number of rotatable bonds is 3. The molecule has 0 bridgehead atoms. The van der Waals surface area contributed by atoms with Crippen LogP contribution in [0.25, 0.3) is 22.0 Å². The van der Waals surface area contributed by atoms with Crippen molar-refractivity contribution in [3.8, 4) is 16.9 Å². The molecule has 4 rings (SSSR count). The molecule has 1 N–H and O–H groups in total. The van der Waals surface area contributed by atoms with E-state index in [4.69, 9.17) is 16.3 Å². The highest BCUT2D eigenvalue weighted by atomic mass is 35.5. The van der Waals surface area contributed by atoms with Gasteiger partial charge in [-0.1, -0.05) is 23.7 Å². The van der Waals surface area contributed by atoms with Crippen molar-refractivity contribution < 1.29 is 4.74 Å². The SMILES string of the molecule is CC(C)Oc1ccc(-c2ccc3cc4n(c3c2)CCNCC4)c(Cl)c1. The zero-order valence-electron chi connectivity index (χ0n) is 14.7. The van der Waals surface area contributed by atoms with Gasteiger partial charge in [-0.25, -0.2) is 0 Å². The third kappa shape index (κ3) is 3.26. The summed E-state index contributed by atoms with van der Waals surface area (Å²) >= 11 is 6.55. The van der Waals surface area contributed by atoms with Gasteiger partial charge in [-0.05, 0) is 55.1 Å². The van der Waals surface area contributed by atoms with Crippen molar-refractivity contribution >= 4 is 22.5 Å². The van der Waals surface area contributed by atoms with E-state index in [-0.39, 0.29) is 6.10 Å². The first-order valence-electron chi connectivity index (χ1n) is 8.91. The molecule has 0 radical (unpaired) electrons. The average Bonchev–Trinajstić information content (AvgIpc) is 2.75. The first-order valence-corrected chi connectivity index (χ1v) is 9.29. The molecule has 0 saturated carbocycles. The van der Waals surface area contributed by atoms with Crippen LogP contribution in [0.1, 0.15) is 19.5 Å². The Kier molecular flexibility index (Phi) is 4.45. The van der Waals surface area contributed by atoms with Gasteiger partial charge in [0.15, 0.2) is 0 Å². The summed E-state index contributed by atoms with van der Waals surface area (Å²) in [6.07, 6.45) is 1.22. The lowest BCUT2D eigenvalue weighted by molar-refractivity contribution is 0.242. The van der Waals surface area contributed by atoms with Crippen LogP contribution in [0.2, 0.25) is 5.02 Å². The number of fused-ring (bicyclic) bond motifs is 3. The number of benzene rings is 2. The predicted octanol–water partition coefficient (Wildman–Crippen LogP) is 4.89. The maximum absolute atomic E-state index is 6.55. The topological polar surface area (TPSA) is 26.2 Å². The van der Waals surface area contributed by atoms with E-state index in [1.165, 1.54) is 16.6 Å². The largest absolute Gasteiger partial charge is 0.491 e. The van der Waals surface area contributed by atoms with Gasteiger partial charge < -0.3 is 14.6 Å². The third-order valence-corrected chi connectivity index (χ3v) is 5.00. The first kappa shape index (κ1) is 16.5. The standard InChI is InChI=1S/C21H23ClN2O/c1-14(2)25-18-5-6-19(20(22)13-18)15-3-4-16-11-17-7-8-23-9-10-24(17)21(16)12-15/h3-6,11-14,23H,7-10H2,1-2H3. The summed E-state index contributed by atoms with van der Waals surface area (Å²) in [5, 5.41) is 5.49. The van der Waals surface area contributed by atoms with E-state index in [1.54, 1.807) is 0 Å². The minimum absolute atomic E-state index is 0.142. The molecule has 0 atom stereocenters. The van der Waals surface area contributed by atoms with E-state index in [1.807, 2.05) is 26.0 Å². The van der Waals surface area contributed by atoms with Crippen LogP contribution in [-0.4, -0.2) is 23.8 Å². The number of ether oxygens (including phenoxy) is 1. The molecule has 0 unspecified atom stereocenters. The fourth-order valence-electron chi connectivity index (χ4n) is 3.56. The van der Waals surface area contributed by atoms with Crippen molar-refractivity contribution in [3.63, 3.8) is 0 Å². The Hall–Kier alpha value is -1.97. The van der Waals surface area contributed by atoms with Gasteiger partial charge in [0.25, 0.3) is 0 Å².